The third-order valence-corrected chi connectivity index (χ3v) is 3.45. The van der Waals surface area contributed by atoms with Gasteiger partial charge in [0.25, 0.3) is 0 Å². The molecule has 118 valence electrons. The summed E-state index contributed by atoms with van der Waals surface area (Å²) in [6, 6.07) is 5.61. The van der Waals surface area contributed by atoms with E-state index in [9.17, 15) is 8.42 Å². The quantitative estimate of drug-likeness (QED) is 0.678. The van der Waals surface area contributed by atoms with Gasteiger partial charge in [-0.1, -0.05) is 0 Å². The minimum atomic E-state index is -3.75. The largest absolute Gasteiger partial charge is 0.461 e. The van der Waals surface area contributed by atoms with Gasteiger partial charge in [0, 0.05) is 5.69 Å². The number of hydrogen-bond acceptors (Lipinski definition) is 8. The molecule has 2 aromatic rings. The fourth-order valence-electron chi connectivity index (χ4n) is 1.45. The van der Waals surface area contributed by atoms with Crippen LogP contribution in [0, 0.1) is 0 Å². The highest BCUT2D eigenvalue weighted by Crippen LogP contribution is 2.18. The van der Waals surface area contributed by atoms with Gasteiger partial charge in [-0.3, -0.25) is 0 Å². The third kappa shape index (κ3) is 4.49. The molecule has 1 heterocycles. The maximum atomic E-state index is 11.2. The van der Waals surface area contributed by atoms with Gasteiger partial charge in [-0.25, -0.2) is 13.6 Å². The van der Waals surface area contributed by atoms with Crippen LogP contribution < -0.4 is 15.2 Å². The molecule has 0 amide bonds. The maximum Gasteiger partial charge on any atom is 0.322 e. The van der Waals surface area contributed by atoms with E-state index >= 15 is 0 Å². The number of nitrogens with one attached hydrogen (secondary N) is 1. The minimum Gasteiger partial charge on any atom is -0.461 e. The summed E-state index contributed by atoms with van der Waals surface area (Å²) in [4.78, 5) is 11.5. The first-order valence-corrected chi connectivity index (χ1v) is 7.86. The zero-order valence-electron chi connectivity index (χ0n) is 11.1. The van der Waals surface area contributed by atoms with Crippen LogP contribution in [0.3, 0.4) is 0 Å². The number of rotatable bonds is 6. The van der Waals surface area contributed by atoms with Gasteiger partial charge in [0.15, 0.2) is 0 Å². The number of ether oxygens (including phenoxy) is 1. The molecular weight excluding hydrogens is 334 g/mol. The van der Waals surface area contributed by atoms with E-state index in [1.165, 1.54) is 24.3 Å². The number of aliphatic hydroxyl groups excluding tert-OH is 1. The molecule has 0 aliphatic rings. The predicted octanol–water partition coefficient (Wildman–Crippen LogP) is 0.287. The van der Waals surface area contributed by atoms with Crippen molar-refractivity contribution in [2.75, 3.05) is 18.5 Å². The number of primary sulfonamides is 1. The molecule has 0 fully saturated rings. The van der Waals surface area contributed by atoms with E-state index in [0.717, 1.165) is 0 Å². The van der Waals surface area contributed by atoms with Crippen LogP contribution in [0.2, 0.25) is 5.28 Å². The molecule has 0 bridgehead atoms. The van der Waals surface area contributed by atoms with Gasteiger partial charge in [-0.15, -0.1) is 0 Å². The van der Waals surface area contributed by atoms with Gasteiger partial charge in [0.2, 0.25) is 21.3 Å². The minimum absolute atomic E-state index is 0.0151. The molecule has 0 atom stereocenters. The second-order valence-corrected chi connectivity index (χ2v) is 5.88. The lowest BCUT2D eigenvalue weighted by molar-refractivity contribution is 0.191. The van der Waals surface area contributed by atoms with Crippen molar-refractivity contribution in [3.8, 4) is 6.01 Å². The summed E-state index contributed by atoms with van der Waals surface area (Å²) in [7, 11) is -3.75. The lowest BCUT2D eigenvalue weighted by Gasteiger charge is -2.07. The van der Waals surface area contributed by atoms with Crippen LogP contribution in [0.5, 0.6) is 6.01 Å². The van der Waals surface area contributed by atoms with E-state index in [1.54, 1.807) is 0 Å². The lowest BCUT2D eigenvalue weighted by atomic mass is 10.3. The van der Waals surface area contributed by atoms with E-state index in [0.29, 0.717) is 5.69 Å². The molecule has 1 aromatic heterocycles. The zero-order valence-corrected chi connectivity index (χ0v) is 12.7. The lowest BCUT2D eigenvalue weighted by Crippen LogP contribution is -2.12. The molecule has 11 heteroatoms. The van der Waals surface area contributed by atoms with Gasteiger partial charge >= 0.3 is 6.01 Å². The molecule has 4 N–H and O–H groups in total. The first-order chi connectivity index (χ1) is 10.4. The predicted molar refractivity (Wildman–Crippen MR) is 78.5 cm³/mol. The number of hydrogen-bond donors (Lipinski definition) is 3. The molecule has 0 unspecified atom stereocenters. The summed E-state index contributed by atoms with van der Waals surface area (Å²) in [5.41, 5.74) is 0.516. The van der Waals surface area contributed by atoms with Crippen molar-refractivity contribution in [3.63, 3.8) is 0 Å². The van der Waals surface area contributed by atoms with E-state index in [4.69, 9.17) is 26.6 Å². The van der Waals surface area contributed by atoms with Crippen LogP contribution in [-0.2, 0) is 10.0 Å². The number of anilines is 2. The molecular formula is C11H12ClN5O4S. The standard InChI is InChI=1S/C11H12ClN5O4S/c12-9-15-10(17-11(16-9)21-6-5-18)14-7-1-3-8(4-2-7)22(13,19)20/h1-4,18H,5-6H2,(H2,13,19,20)(H,14,15,16,17). The molecule has 1 aromatic carbocycles. The number of sulfonamides is 1. The summed E-state index contributed by atoms with van der Waals surface area (Å²) in [5, 5.41) is 16.4. The molecule has 22 heavy (non-hydrogen) atoms. The van der Waals surface area contributed by atoms with Crippen molar-refractivity contribution in [2.45, 2.75) is 4.90 Å². The van der Waals surface area contributed by atoms with Crippen molar-refractivity contribution in [1.29, 1.82) is 0 Å². The molecule has 0 saturated carbocycles. The molecule has 0 aliphatic heterocycles. The average Bonchev–Trinajstić information content (AvgIpc) is 2.44. The Labute approximate surface area is 131 Å². The number of nitrogens with two attached hydrogens (primary N) is 1. The van der Waals surface area contributed by atoms with Crippen LogP contribution in [0.15, 0.2) is 29.2 Å². The van der Waals surface area contributed by atoms with Gasteiger partial charge in [-0.05, 0) is 35.9 Å². The fraction of sp³-hybridized carbons (Fsp3) is 0.182. The SMILES string of the molecule is NS(=O)(=O)c1ccc(Nc2nc(Cl)nc(OCCO)n2)cc1. The van der Waals surface area contributed by atoms with Gasteiger partial charge < -0.3 is 15.2 Å². The second-order valence-electron chi connectivity index (χ2n) is 3.98. The summed E-state index contributed by atoms with van der Waals surface area (Å²) >= 11 is 5.74. The van der Waals surface area contributed by atoms with Crippen molar-refractivity contribution in [1.82, 2.24) is 15.0 Å². The number of halogens is 1. The number of benzene rings is 1. The fourth-order valence-corrected chi connectivity index (χ4v) is 2.11. The first-order valence-electron chi connectivity index (χ1n) is 5.93. The monoisotopic (exact) mass is 345 g/mol. The maximum absolute atomic E-state index is 11.2. The van der Waals surface area contributed by atoms with Crippen molar-refractivity contribution >= 4 is 33.3 Å². The summed E-state index contributed by atoms with van der Waals surface area (Å²) in [6.07, 6.45) is 0. The number of aliphatic hydroxyl groups is 1. The Hall–Kier alpha value is -2.01. The van der Waals surface area contributed by atoms with Crippen molar-refractivity contribution in [2.24, 2.45) is 5.14 Å². The Morgan fingerprint density at radius 3 is 2.50 bits per heavy atom. The zero-order chi connectivity index (χ0) is 16.2. The molecule has 0 radical (unpaired) electrons. The van der Waals surface area contributed by atoms with Gasteiger partial charge in [0.1, 0.15) is 6.61 Å². The molecule has 2 rings (SSSR count). The normalized spacial score (nSPS) is 11.2. The van der Waals surface area contributed by atoms with E-state index < -0.39 is 10.0 Å². The third-order valence-electron chi connectivity index (χ3n) is 2.35. The van der Waals surface area contributed by atoms with Crippen LogP contribution >= 0.6 is 11.6 Å². The highest BCUT2D eigenvalue weighted by molar-refractivity contribution is 7.89. The van der Waals surface area contributed by atoms with Crippen molar-refractivity contribution < 1.29 is 18.3 Å². The topological polar surface area (TPSA) is 140 Å². The molecule has 0 spiro atoms. The Bertz CT molecular complexity index is 754. The molecule has 0 saturated heterocycles. The molecule has 9 nitrogen and oxygen atoms in total. The second kappa shape index (κ2) is 6.83. The van der Waals surface area contributed by atoms with Crippen molar-refractivity contribution in [3.05, 3.63) is 29.5 Å². The smallest absolute Gasteiger partial charge is 0.322 e. The number of aromatic nitrogens is 3. The highest BCUT2D eigenvalue weighted by Gasteiger charge is 2.09. The van der Waals surface area contributed by atoms with Crippen LogP contribution in [0.1, 0.15) is 0 Å². The van der Waals surface area contributed by atoms with Gasteiger partial charge in [0.05, 0.1) is 11.5 Å². The van der Waals surface area contributed by atoms with Crippen LogP contribution in [-0.4, -0.2) is 41.7 Å². The summed E-state index contributed by atoms with van der Waals surface area (Å²) in [6.45, 7) is -0.177. The molecule has 0 aliphatic carbocycles. The van der Waals surface area contributed by atoms with Crippen LogP contribution in [0.25, 0.3) is 0 Å². The first kappa shape index (κ1) is 16.4. The Balaban J connectivity index is 2.18. The van der Waals surface area contributed by atoms with E-state index in [1.807, 2.05) is 0 Å². The Kier molecular flexibility index (Phi) is 5.08. The Morgan fingerprint density at radius 1 is 1.23 bits per heavy atom. The average molecular weight is 346 g/mol. The van der Waals surface area contributed by atoms with Gasteiger partial charge in [-0.2, -0.15) is 15.0 Å². The summed E-state index contributed by atoms with van der Waals surface area (Å²) in [5.74, 6) is 0.108. The van der Waals surface area contributed by atoms with E-state index in [2.05, 4.69) is 20.3 Å². The number of nitrogens with zero attached hydrogens (tertiary/aromatic N) is 3. The summed E-state index contributed by atoms with van der Waals surface area (Å²) < 4.78 is 27.4. The highest BCUT2D eigenvalue weighted by atomic mass is 35.5. The van der Waals surface area contributed by atoms with E-state index in [-0.39, 0.29) is 35.4 Å². The Morgan fingerprint density at radius 2 is 1.91 bits per heavy atom. The van der Waals surface area contributed by atoms with Crippen LogP contribution in [0.4, 0.5) is 11.6 Å².